The monoisotopic (exact) mass is 316 g/mol. The first kappa shape index (κ1) is 14.9. The van der Waals surface area contributed by atoms with Gasteiger partial charge in [-0.2, -0.15) is 0 Å². The third kappa shape index (κ3) is 2.56. The van der Waals surface area contributed by atoms with Crippen molar-refractivity contribution in [1.82, 2.24) is 4.98 Å². The number of fused-ring (bicyclic) bond motifs is 3. The van der Waals surface area contributed by atoms with Crippen molar-refractivity contribution in [1.29, 1.82) is 0 Å². The van der Waals surface area contributed by atoms with Crippen molar-refractivity contribution in [2.45, 2.75) is 26.7 Å². The molecule has 3 aromatic rings. The summed E-state index contributed by atoms with van der Waals surface area (Å²) < 4.78 is 0. The molecule has 1 aliphatic carbocycles. The Morgan fingerprint density at radius 1 is 0.917 bits per heavy atom. The van der Waals surface area contributed by atoms with Gasteiger partial charge in [-0.05, 0) is 29.4 Å². The van der Waals surface area contributed by atoms with Gasteiger partial charge in [-0.3, -0.25) is 4.79 Å². The number of nitrogens with one attached hydrogen (secondary N) is 1. The Hall–Kier alpha value is -2.68. The number of benzene rings is 2. The Morgan fingerprint density at radius 3 is 2.33 bits per heavy atom. The minimum Gasteiger partial charge on any atom is -0.340 e. The van der Waals surface area contributed by atoms with E-state index in [1.54, 1.807) is 0 Å². The van der Waals surface area contributed by atoms with E-state index in [4.69, 9.17) is 4.98 Å². The normalized spacial score (nSPS) is 16.0. The summed E-state index contributed by atoms with van der Waals surface area (Å²) in [6, 6.07) is 18.1. The number of aromatic nitrogens is 1. The van der Waals surface area contributed by atoms with Gasteiger partial charge in [-0.1, -0.05) is 56.3 Å². The molecule has 3 nitrogen and oxygen atoms in total. The molecule has 0 radical (unpaired) electrons. The molecular formula is C21H20N2O. The first-order chi connectivity index (χ1) is 11.5. The van der Waals surface area contributed by atoms with Crippen LogP contribution in [0.5, 0.6) is 0 Å². The van der Waals surface area contributed by atoms with Crippen molar-refractivity contribution in [3.05, 3.63) is 65.9 Å². The highest BCUT2D eigenvalue weighted by molar-refractivity contribution is 6.12. The fraction of sp³-hybridized carbons (Fsp3) is 0.238. The van der Waals surface area contributed by atoms with Crippen molar-refractivity contribution in [2.24, 2.45) is 5.41 Å². The first-order valence-corrected chi connectivity index (χ1v) is 8.30. The molecule has 0 spiro atoms. The second kappa shape index (κ2) is 5.45. The Balaban J connectivity index is 1.92. The van der Waals surface area contributed by atoms with Gasteiger partial charge in [0.05, 0.1) is 5.69 Å². The molecule has 3 heteroatoms. The number of carbonyl (C=O) groups is 1. The van der Waals surface area contributed by atoms with E-state index in [1.165, 1.54) is 0 Å². The molecule has 0 atom stereocenters. The quantitative estimate of drug-likeness (QED) is 0.712. The van der Waals surface area contributed by atoms with Gasteiger partial charge in [0.15, 0.2) is 5.78 Å². The fourth-order valence-corrected chi connectivity index (χ4v) is 3.55. The van der Waals surface area contributed by atoms with Gasteiger partial charge in [0.1, 0.15) is 5.82 Å². The van der Waals surface area contributed by atoms with Gasteiger partial charge < -0.3 is 5.32 Å². The van der Waals surface area contributed by atoms with Gasteiger partial charge in [0, 0.05) is 23.1 Å². The van der Waals surface area contributed by atoms with Gasteiger partial charge in [0.25, 0.3) is 0 Å². The standard InChI is InChI=1S/C21H20N2O/c1-21(2)12-17-19(18(24)13-21)15-10-6-7-11-16(15)20(23-17)22-14-8-4-3-5-9-14/h3-11H,12-13H2,1-2H3,(H,22,23). The number of para-hydroxylation sites is 1. The van der Waals surface area contributed by atoms with Crippen molar-refractivity contribution >= 4 is 28.1 Å². The maximum absolute atomic E-state index is 12.7. The van der Waals surface area contributed by atoms with Crippen LogP contribution in [0.15, 0.2) is 54.6 Å². The molecule has 24 heavy (non-hydrogen) atoms. The van der Waals surface area contributed by atoms with Crippen LogP contribution in [-0.2, 0) is 6.42 Å². The molecule has 120 valence electrons. The number of carbonyl (C=O) groups excluding carboxylic acids is 1. The van der Waals surface area contributed by atoms with E-state index in [0.717, 1.165) is 40.0 Å². The van der Waals surface area contributed by atoms with Crippen LogP contribution < -0.4 is 5.32 Å². The maximum atomic E-state index is 12.7. The molecule has 0 saturated carbocycles. The lowest BCUT2D eigenvalue weighted by Crippen LogP contribution is -2.28. The number of nitrogens with zero attached hydrogens (tertiary/aromatic N) is 1. The summed E-state index contributed by atoms with van der Waals surface area (Å²) in [5.74, 6) is 1.03. The third-order valence-electron chi connectivity index (χ3n) is 4.59. The summed E-state index contributed by atoms with van der Waals surface area (Å²) in [7, 11) is 0. The zero-order valence-corrected chi connectivity index (χ0v) is 14.0. The number of hydrogen-bond donors (Lipinski definition) is 1. The molecule has 2 aromatic carbocycles. The smallest absolute Gasteiger partial charge is 0.165 e. The van der Waals surface area contributed by atoms with Crippen LogP contribution >= 0.6 is 0 Å². The van der Waals surface area contributed by atoms with Gasteiger partial charge in [0.2, 0.25) is 0 Å². The second-order valence-electron chi connectivity index (χ2n) is 7.26. The highest BCUT2D eigenvalue weighted by Crippen LogP contribution is 2.39. The summed E-state index contributed by atoms with van der Waals surface area (Å²) in [4.78, 5) is 17.6. The SMILES string of the molecule is CC1(C)CC(=O)c2c(nc(Nc3ccccc3)c3ccccc23)C1. The van der Waals surface area contributed by atoms with E-state index in [0.29, 0.717) is 6.42 Å². The molecular weight excluding hydrogens is 296 g/mol. The van der Waals surface area contributed by atoms with Crippen LogP contribution in [-0.4, -0.2) is 10.8 Å². The summed E-state index contributed by atoms with van der Waals surface area (Å²) >= 11 is 0. The van der Waals surface area contributed by atoms with Crippen molar-refractivity contribution < 1.29 is 4.79 Å². The zero-order valence-electron chi connectivity index (χ0n) is 14.0. The molecule has 0 unspecified atom stereocenters. The maximum Gasteiger partial charge on any atom is 0.165 e. The minimum atomic E-state index is -0.0381. The molecule has 0 amide bonds. The second-order valence-corrected chi connectivity index (χ2v) is 7.26. The van der Waals surface area contributed by atoms with E-state index in [1.807, 2.05) is 54.6 Å². The molecule has 4 rings (SSSR count). The van der Waals surface area contributed by atoms with Crippen molar-refractivity contribution in [3.8, 4) is 0 Å². The largest absolute Gasteiger partial charge is 0.340 e. The number of Topliss-reactive ketones (excluding diaryl/α,β-unsaturated/α-hetero) is 1. The van der Waals surface area contributed by atoms with E-state index in [9.17, 15) is 4.79 Å². The predicted molar refractivity (Wildman–Crippen MR) is 97.9 cm³/mol. The van der Waals surface area contributed by atoms with E-state index < -0.39 is 0 Å². The molecule has 1 aliphatic rings. The lowest BCUT2D eigenvalue weighted by Gasteiger charge is -2.30. The van der Waals surface area contributed by atoms with Crippen molar-refractivity contribution in [2.75, 3.05) is 5.32 Å². The van der Waals surface area contributed by atoms with Gasteiger partial charge in [-0.25, -0.2) is 4.98 Å². The number of rotatable bonds is 2. The van der Waals surface area contributed by atoms with Crippen LogP contribution in [0.3, 0.4) is 0 Å². The molecule has 1 heterocycles. The topological polar surface area (TPSA) is 42.0 Å². The minimum absolute atomic E-state index is 0.0381. The van der Waals surface area contributed by atoms with Crippen LogP contribution in [0.1, 0.15) is 36.3 Å². The Bertz CT molecular complexity index is 929. The molecule has 1 N–H and O–H groups in total. The highest BCUT2D eigenvalue weighted by Gasteiger charge is 2.33. The number of hydrogen-bond acceptors (Lipinski definition) is 3. The predicted octanol–water partition coefficient (Wildman–Crippen LogP) is 5.13. The van der Waals surface area contributed by atoms with Crippen LogP contribution in [0.4, 0.5) is 11.5 Å². The van der Waals surface area contributed by atoms with Crippen LogP contribution in [0.25, 0.3) is 10.8 Å². The first-order valence-electron chi connectivity index (χ1n) is 8.30. The molecule has 0 saturated heterocycles. The van der Waals surface area contributed by atoms with Crippen LogP contribution in [0.2, 0.25) is 0 Å². The summed E-state index contributed by atoms with van der Waals surface area (Å²) in [5, 5.41) is 5.41. The molecule has 1 aromatic heterocycles. The van der Waals surface area contributed by atoms with E-state index in [-0.39, 0.29) is 11.2 Å². The highest BCUT2D eigenvalue weighted by atomic mass is 16.1. The van der Waals surface area contributed by atoms with E-state index >= 15 is 0 Å². The number of ketones is 1. The lowest BCUT2D eigenvalue weighted by molar-refractivity contribution is 0.0912. The van der Waals surface area contributed by atoms with Gasteiger partial charge >= 0.3 is 0 Å². The zero-order chi connectivity index (χ0) is 16.7. The Labute approximate surface area is 141 Å². The molecule has 0 bridgehead atoms. The van der Waals surface area contributed by atoms with Crippen molar-refractivity contribution in [3.63, 3.8) is 0 Å². The average molecular weight is 316 g/mol. The Morgan fingerprint density at radius 2 is 1.58 bits per heavy atom. The summed E-state index contributed by atoms with van der Waals surface area (Å²) in [6.45, 7) is 4.27. The third-order valence-corrected chi connectivity index (χ3v) is 4.59. The van der Waals surface area contributed by atoms with E-state index in [2.05, 4.69) is 19.2 Å². The van der Waals surface area contributed by atoms with Crippen LogP contribution in [0, 0.1) is 5.41 Å². The number of pyridine rings is 1. The number of anilines is 2. The average Bonchev–Trinajstić information content (AvgIpc) is 2.54. The fourth-order valence-electron chi connectivity index (χ4n) is 3.55. The summed E-state index contributed by atoms with van der Waals surface area (Å²) in [5.41, 5.74) is 2.68. The lowest BCUT2D eigenvalue weighted by atomic mass is 9.74. The van der Waals surface area contributed by atoms with Gasteiger partial charge in [-0.15, -0.1) is 0 Å². The molecule has 0 aliphatic heterocycles. The summed E-state index contributed by atoms with van der Waals surface area (Å²) in [6.07, 6.45) is 1.40. The Kier molecular flexibility index (Phi) is 3.38. The molecule has 0 fully saturated rings.